The van der Waals surface area contributed by atoms with Crippen LogP contribution in [0.25, 0.3) is 10.6 Å². The van der Waals surface area contributed by atoms with Crippen LogP contribution >= 0.6 is 11.3 Å². The number of thiazole rings is 1. The Balaban J connectivity index is 2.11. The number of aryl methyl sites for hydroxylation is 2. The number of nitrogens with zero attached hydrogens (tertiary/aromatic N) is 1. The van der Waals surface area contributed by atoms with Crippen molar-refractivity contribution >= 4 is 17.4 Å². The summed E-state index contributed by atoms with van der Waals surface area (Å²) in [7, 11) is 0. The van der Waals surface area contributed by atoms with Crippen molar-refractivity contribution in [3.05, 3.63) is 40.4 Å². The Labute approximate surface area is 140 Å². The molecule has 5 nitrogen and oxygen atoms in total. The van der Waals surface area contributed by atoms with E-state index in [9.17, 15) is 4.79 Å². The predicted molar refractivity (Wildman–Crippen MR) is 93.7 cm³/mol. The first kappa shape index (κ1) is 17.4. The van der Waals surface area contributed by atoms with Gasteiger partial charge in [-0.2, -0.15) is 0 Å². The summed E-state index contributed by atoms with van der Waals surface area (Å²) in [5.41, 5.74) is 3.22. The molecule has 0 aliphatic heterocycles. The maximum atomic E-state index is 11.9. The quantitative estimate of drug-likeness (QED) is 0.787. The van der Waals surface area contributed by atoms with Crippen molar-refractivity contribution in [1.82, 2.24) is 15.6 Å². The molecule has 124 valence electrons. The highest BCUT2D eigenvalue weighted by atomic mass is 32.1. The van der Waals surface area contributed by atoms with Crippen molar-refractivity contribution in [2.24, 2.45) is 0 Å². The summed E-state index contributed by atoms with van der Waals surface area (Å²) in [5, 5.41) is 15.5. The molecular weight excluding hydrogens is 310 g/mol. The number of benzene rings is 1. The molecule has 2 atom stereocenters. The summed E-state index contributed by atoms with van der Waals surface area (Å²) in [6.07, 6.45) is 0. The van der Waals surface area contributed by atoms with Gasteiger partial charge in [-0.15, -0.1) is 11.3 Å². The molecule has 0 fully saturated rings. The van der Waals surface area contributed by atoms with E-state index in [4.69, 9.17) is 5.11 Å². The molecule has 1 aromatic carbocycles. The third-order valence-electron chi connectivity index (χ3n) is 3.52. The number of amides is 2. The highest BCUT2D eigenvalue weighted by molar-refractivity contribution is 7.15. The van der Waals surface area contributed by atoms with E-state index in [0.717, 1.165) is 21.1 Å². The Morgan fingerprint density at radius 3 is 2.48 bits per heavy atom. The van der Waals surface area contributed by atoms with E-state index in [1.54, 1.807) is 18.3 Å². The van der Waals surface area contributed by atoms with Crippen molar-refractivity contribution in [3.8, 4) is 10.6 Å². The van der Waals surface area contributed by atoms with Crippen LogP contribution in [0, 0.1) is 13.8 Å². The maximum absolute atomic E-state index is 11.9. The molecule has 1 heterocycles. The number of rotatable bonds is 5. The van der Waals surface area contributed by atoms with Crippen LogP contribution in [0.3, 0.4) is 0 Å². The topological polar surface area (TPSA) is 74.2 Å². The molecule has 0 saturated heterocycles. The van der Waals surface area contributed by atoms with E-state index < -0.39 is 0 Å². The minimum Gasteiger partial charge on any atom is -0.394 e. The van der Waals surface area contributed by atoms with Gasteiger partial charge in [0.2, 0.25) is 0 Å². The van der Waals surface area contributed by atoms with Gasteiger partial charge < -0.3 is 15.7 Å². The predicted octanol–water partition coefficient (Wildman–Crippen LogP) is 3.17. The summed E-state index contributed by atoms with van der Waals surface area (Å²) >= 11 is 1.59. The SMILES string of the molecule is Cc1ccc(-c2nc(C)c(C(C)NC(=O)N[C@@H](C)CO)s2)cc1. The normalized spacial score (nSPS) is 13.4. The highest BCUT2D eigenvalue weighted by Crippen LogP contribution is 2.31. The van der Waals surface area contributed by atoms with Crippen LogP contribution in [0.4, 0.5) is 4.79 Å². The van der Waals surface area contributed by atoms with Gasteiger partial charge in [-0.05, 0) is 27.7 Å². The van der Waals surface area contributed by atoms with Gasteiger partial charge in [-0.3, -0.25) is 0 Å². The number of urea groups is 1. The highest BCUT2D eigenvalue weighted by Gasteiger charge is 2.17. The summed E-state index contributed by atoms with van der Waals surface area (Å²) in [6, 6.07) is 7.55. The third kappa shape index (κ3) is 4.53. The van der Waals surface area contributed by atoms with E-state index in [1.807, 2.05) is 13.8 Å². The van der Waals surface area contributed by atoms with Crippen LogP contribution in [-0.2, 0) is 0 Å². The molecule has 2 amide bonds. The van der Waals surface area contributed by atoms with E-state index >= 15 is 0 Å². The molecule has 1 aromatic heterocycles. The fourth-order valence-electron chi connectivity index (χ4n) is 2.20. The molecule has 0 aliphatic rings. The second-order valence-corrected chi connectivity index (χ2v) is 6.79. The van der Waals surface area contributed by atoms with E-state index in [2.05, 4.69) is 46.8 Å². The first-order valence-corrected chi connectivity index (χ1v) is 8.44. The average Bonchev–Trinajstić information content (AvgIpc) is 2.89. The van der Waals surface area contributed by atoms with E-state index in [0.29, 0.717) is 0 Å². The molecule has 0 saturated carbocycles. The molecule has 3 N–H and O–H groups in total. The lowest BCUT2D eigenvalue weighted by Crippen LogP contribution is -2.43. The molecule has 23 heavy (non-hydrogen) atoms. The van der Waals surface area contributed by atoms with Crippen LogP contribution in [0.2, 0.25) is 0 Å². The lowest BCUT2D eigenvalue weighted by atomic mass is 10.2. The van der Waals surface area contributed by atoms with Gasteiger partial charge >= 0.3 is 6.03 Å². The second-order valence-electron chi connectivity index (χ2n) is 5.76. The molecule has 6 heteroatoms. The molecule has 2 aromatic rings. The summed E-state index contributed by atoms with van der Waals surface area (Å²) in [5.74, 6) is 0. The molecule has 0 radical (unpaired) electrons. The van der Waals surface area contributed by atoms with Gasteiger partial charge in [-0.1, -0.05) is 29.8 Å². The van der Waals surface area contributed by atoms with E-state index in [-0.39, 0.29) is 24.7 Å². The molecule has 0 spiro atoms. The number of hydrogen-bond donors (Lipinski definition) is 3. The zero-order valence-corrected chi connectivity index (χ0v) is 14.7. The summed E-state index contributed by atoms with van der Waals surface area (Å²) in [6.45, 7) is 7.61. The average molecular weight is 333 g/mol. The zero-order chi connectivity index (χ0) is 17.0. The minimum atomic E-state index is -0.288. The summed E-state index contributed by atoms with van der Waals surface area (Å²) < 4.78 is 0. The Bertz CT molecular complexity index is 667. The van der Waals surface area contributed by atoms with Gasteiger partial charge in [0.1, 0.15) is 5.01 Å². The van der Waals surface area contributed by atoms with Gasteiger partial charge in [0, 0.05) is 5.56 Å². The van der Waals surface area contributed by atoms with E-state index in [1.165, 1.54) is 5.56 Å². The maximum Gasteiger partial charge on any atom is 0.315 e. The van der Waals surface area contributed by atoms with Crippen LogP contribution in [0.15, 0.2) is 24.3 Å². The van der Waals surface area contributed by atoms with Crippen LogP contribution in [0.5, 0.6) is 0 Å². The number of carbonyl (C=O) groups is 1. The smallest absolute Gasteiger partial charge is 0.315 e. The number of aliphatic hydroxyl groups excluding tert-OH is 1. The minimum absolute atomic E-state index is 0.0844. The van der Waals surface area contributed by atoms with Crippen LogP contribution < -0.4 is 10.6 Å². The fourth-order valence-corrected chi connectivity index (χ4v) is 3.28. The number of hydrogen-bond acceptors (Lipinski definition) is 4. The molecular formula is C17H23N3O2S. The first-order chi connectivity index (χ1) is 10.9. The Morgan fingerprint density at radius 1 is 1.22 bits per heavy atom. The number of aliphatic hydroxyl groups is 1. The van der Waals surface area contributed by atoms with Crippen molar-refractivity contribution in [3.63, 3.8) is 0 Å². The van der Waals surface area contributed by atoms with Crippen molar-refractivity contribution in [2.45, 2.75) is 39.8 Å². The van der Waals surface area contributed by atoms with Crippen molar-refractivity contribution in [1.29, 1.82) is 0 Å². The zero-order valence-electron chi connectivity index (χ0n) is 13.9. The van der Waals surface area contributed by atoms with Crippen molar-refractivity contribution < 1.29 is 9.90 Å². The van der Waals surface area contributed by atoms with Crippen LogP contribution in [0.1, 0.15) is 36.0 Å². The standard InChI is InChI=1S/C17H23N3O2S/c1-10-5-7-14(8-6-10)16-19-12(3)15(23-16)13(4)20-17(22)18-11(2)9-21/h5-8,11,13,21H,9H2,1-4H3,(H2,18,20,22)/t11-,13?/m0/s1. The number of nitrogens with one attached hydrogen (secondary N) is 2. The van der Waals surface area contributed by atoms with Crippen LogP contribution in [-0.4, -0.2) is 28.8 Å². The Kier molecular flexibility index (Phi) is 5.74. The van der Waals surface area contributed by atoms with Gasteiger partial charge in [-0.25, -0.2) is 9.78 Å². The molecule has 1 unspecified atom stereocenters. The third-order valence-corrected chi connectivity index (χ3v) is 4.91. The largest absolute Gasteiger partial charge is 0.394 e. The molecule has 2 rings (SSSR count). The Morgan fingerprint density at radius 2 is 1.87 bits per heavy atom. The first-order valence-electron chi connectivity index (χ1n) is 7.63. The van der Waals surface area contributed by atoms with Gasteiger partial charge in [0.15, 0.2) is 0 Å². The molecule has 0 bridgehead atoms. The molecule has 0 aliphatic carbocycles. The monoisotopic (exact) mass is 333 g/mol. The second kappa shape index (κ2) is 7.57. The number of aromatic nitrogens is 1. The lowest BCUT2D eigenvalue weighted by molar-refractivity contribution is 0.218. The fraction of sp³-hybridized carbons (Fsp3) is 0.412. The van der Waals surface area contributed by atoms with Crippen molar-refractivity contribution in [2.75, 3.05) is 6.61 Å². The van der Waals surface area contributed by atoms with Gasteiger partial charge in [0.25, 0.3) is 0 Å². The summed E-state index contributed by atoms with van der Waals surface area (Å²) in [4.78, 5) is 17.5. The number of carbonyl (C=O) groups excluding carboxylic acids is 1. The Hall–Kier alpha value is -1.92. The van der Waals surface area contributed by atoms with Gasteiger partial charge in [0.05, 0.1) is 29.3 Å². The lowest BCUT2D eigenvalue weighted by Gasteiger charge is -2.16.